The van der Waals surface area contributed by atoms with Crippen LogP contribution in [0.3, 0.4) is 0 Å². The number of nitrogens with zero attached hydrogens (tertiary/aromatic N) is 4. The number of hydrogen-bond acceptors (Lipinski definition) is 5. The van der Waals surface area contributed by atoms with Crippen LogP contribution < -0.4 is 9.64 Å². The van der Waals surface area contributed by atoms with Gasteiger partial charge in [0.15, 0.2) is 0 Å². The van der Waals surface area contributed by atoms with E-state index in [0.717, 1.165) is 72.7 Å². The number of para-hydroxylation sites is 1. The number of aromatic nitrogens is 2. The van der Waals surface area contributed by atoms with Gasteiger partial charge in [0.25, 0.3) is 0 Å². The SMILES string of the molecule is Clc1ccccc1CN1CCc2nc(N3CCCCC3)nc(Oc3ccccc3)c2C1. The fourth-order valence-electron chi connectivity index (χ4n) is 4.35. The Kier molecular flexibility index (Phi) is 6.05. The number of piperidine rings is 1. The van der Waals surface area contributed by atoms with Gasteiger partial charge in [0.1, 0.15) is 5.75 Å². The van der Waals surface area contributed by atoms with E-state index in [2.05, 4.69) is 15.9 Å². The molecule has 0 unspecified atom stereocenters. The molecule has 6 heteroatoms. The quantitative estimate of drug-likeness (QED) is 0.532. The molecule has 1 aromatic heterocycles. The highest BCUT2D eigenvalue weighted by molar-refractivity contribution is 6.31. The minimum atomic E-state index is 0.681. The zero-order chi connectivity index (χ0) is 21.0. The van der Waals surface area contributed by atoms with Crippen molar-refractivity contribution in [1.82, 2.24) is 14.9 Å². The molecular weight excluding hydrogens is 408 g/mol. The molecule has 0 atom stereocenters. The van der Waals surface area contributed by atoms with Crippen molar-refractivity contribution in [2.24, 2.45) is 0 Å². The van der Waals surface area contributed by atoms with Gasteiger partial charge < -0.3 is 9.64 Å². The molecule has 31 heavy (non-hydrogen) atoms. The van der Waals surface area contributed by atoms with Crippen LogP contribution in [0.2, 0.25) is 5.02 Å². The Morgan fingerprint density at radius 1 is 0.871 bits per heavy atom. The summed E-state index contributed by atoms with van der Waals surface area (Å²) in [5.74, 6) is 2.29. The Morgan fingerprint density at radius 3 is 2.45 bits per heavy atom. The normalized spacial score (nSPS) is 16.7. The smallest absolute Gasteiger partial charge is 0.228 e. The van der Waals surface area contributed by atoms with E-state index in [1.807, 2.05) is 48.5 Å². The van der Waals surface area contributed by atoms with Gasteiger partial charge in [-0.1, -0.05) is 48.0 Å². The monoisotopic (exact) mass is 434 g/mol. The molecule has 0 aliphatic carbocycles. The summed E-state index contributed by atoms with van der Waals surface area (Å²) >= 11 is 6.41. The maximum Gasteiger partial charge on any atom is 0.228 e. The van der Waals surface area contributed by atoms with Crippen molar-refractivity contribution >= 4 is 17.5 Å². The molecule has 2 aliphatic rings. The van der Waals surface area contributed by atoms with Gasteiger partial charge in [-0.15, -0.1) is 0 Å². The lowest BCUT2D eigenvalue weighted by Crippen LogP contribution is -2.34. The Morgan fingerprint density at radius 2 is 1.65 bits per heavy atom. The molecule has 0 N–H and O–H groups in total. The second kappa shape index (κ2) is 9.25. The van der Waals surface area contributed by atoms with Crippen LogP contribution in [0.25, 0.3) is 0 Å². The van der Waals surface area contributed by atoms with Crippen LogP contribution in [0, 0.1) is 0 Å². The summed E-state index contributed by atoms with van der Waals surface area (Å²) < 4.78 is 6.30. The lowest BCUT2D eigenvalue weighted by Gasteiger charge is -2.32. The maximum atomic E-state index is 6.41. The molecular formula is C25H27ClN4O. The Hall–Kier alpha value is -2.63. The molecule has 2 aromatic carbocycles. The van der Waals surface area contributed by atoms with E-state index in [9.17, 15) is 0 Å². The number of anilines is 1. The third kappa shape index (κ3) is 4.68. The fraction of sp³-hybridized carbons (Fsp3) is 0.360. The first-order chi connectivity index (χ1) is 15.3. The number of fused-ring (bicyclic) bond motifs is 1. The van der Waals surface area contributed by atoms with Gasteiger partial charge in [-0.2, -0.15) is 4.98 Å². The first-order valence-corrected chi connectivity index (χ1v) is 11.5. The Balaban J connectivity index is 1.45. The van der Waals surface area contributed by atoms with Crippen LogP contribution in [0.1, 0.15) is 36.1 Å². The van der Waals surface area contributed by atoms with Gasteiger partial charge in [-0.05, 0) is 43.0 Å². The van der Waals surface area contributed by atoms with E-state index in [-0.39, 0.29) is 0 Å². The minimum absolute atomic E-state index is 0.681. The zero-order valence-corrected chi connectivity index (χ0v) is 18.4. The van der Waals surface area contributed by atoms with Crippen LogP contribution in [0.4, 0.5) is 5.95 Å². The van der Waals surface area contributed by atoms with E-state index in [1.54, 1.807) is 0 Å². The number of ether oxygens (including phenoxy) is 1. The predicted octanol–water partition coefficient (Wildman–Crippen LogP) is 5.47. The molecule has 0 bridgehead atoms. The van der Waals surface area contributed by atoms with E-state index in [0.29, 0.717) is 5.88 Å². The summed E-state index contributed by atoms with van der Waals surface area (Å²) in [6.45, 7) is 4.53. The van der Waals surface area contributed by atoms with Crippen molar-refractivity contribution in [3.8, 4) is 11.6 Å². The molecule has 0 radical (unpaired) electrons. The van der Waals surface area contributed by atoms with Crippen LogP contribution in [-0.4, -0.2) is 34.5 Å². The second-order valence-electron chi connectivity index (χ2n) is 8.27. The first kappa shape index (κ1) is 20.3. The topological polar surface area (TPSA) is 41.5 Å². The third-order valence-electron chi connectivity index (χ3n) is 6.04. The van der Waals surface area contributed by atoms with Crippen molar-refractivity contribution in [3.63, 3.8) is 0 Å². The molecule has 160 valence electrons. The zero-order valence-electron chi connectivity index (χ0n) is 17.6. The van der Waals surface area contributed by atoms with Crippen molar-refractivity contribution in [1.29, 1.82) is 0 Å². The molecule has 1 fully saturated rings. The lowest BCUT2D eigenvalue weighted by atomic mass is 10.1. The number of benzene rings is 2. The Bertz CT molecular complexity index is 1040. The fourth-order valence-corrected chi connectivity index (χ4v) is 4.55. The maximum absolute atomic E-state index is 6.41. The highest BCUT2D eigenvalue weighted by Gasteiger charge is 2.26. The van der Waals surface area contributed by atoms with Crippen molar-refractivity contribution in [3.05, 3.63) is 76.4 Å². The van der Waals surface area contributed by atoms with Crippen molar-refractivity contribution < 1.29 is 4.74 Å². The molecule has 0 amide bonds. The number of hydrogen-bond donors (Lipinski definition) is 0. The molecule has 5 nitrogen and oxygen atoms in total. The van der Waals surface area contributed by atoms with Crippen LogP contribution >= 0.6 is 11.6 Å². The summed E-state index contributed by atoms with van der Waals surface area (Å²) in [6.07, 6.45) is 4.56. The third-order valence-corrected chi connectivity index (χ3v) is 6.41. The van der Waals surface area contributed by atoms with Crippen LogP contribution in [-0.2, 0) is 19.5 Å². The minimum Gasteiger partial charge on any atom is -0.439 e. The van der Waals surface area contributed by atoms with E-state index in [4.69, 9.17) is 26.3 Å². The number of halogens is 1. The highest BCUT2D eigenvalue weighted by atomic mass is 35.5. The molecule has 5 rings (SSSR count). The average molecular weight is 435 g/mol. The second-order valence-corrected chi connectivity index (χ2v) is 8.68. The molecule has 1 saturated heterocycles. The first-order valence-electron chi connectivity index (χ1n) is 11.1. The summed E-state index contributed by atoms with van der Waals surface area (Å²) in [4.78, 5) is 14.6. The summed E-state index contributed by atoms with van der Waals surface area (Å²) in [7, 11) is 0. The predicted molar refractivity (Wildman–Crippen MR) is 124 cm³/mol. The van der Waals surface area contributed by atoms with Gasteiger partial charge in [0.05, 0.1) is 11.3 Å². The molecule has 3 aromatic rings. The highest BCUT2D eigenvalue weighted by Crippen LogP contribution is 2.33. The van der Waals surface area contributed by atoms with Gasteiger partial charge in [-0.3, -0.25) is 4.90 Å². The average Bonchev–Trinajstić information content (AvgIpc) is 2.82. The van der Waals surface area contributed by atoms with Crippen molar-refractivity contribution in [2.75, 3.05) is 24.5 Å². The largest absolute Gasteiger partial charge is 0.439 e. The van der Waals surface area contributed by atoms with Crippen molar-refractivity contribution in [2.45, 2.75) is 38.8 Å². The summed E-state index contributed by atoms with van der Waals surface area (Å²) in [5, 5.41) is 0.811. The van der Waals surface area contributed by atoms with Gasteiger partial charge >= 0.3 is 0 Å². The van der Waals surface area contributed by atoms with Gasteiger partial charge in [0, 0.05) is 44.2 Å². The van der Waals surface area contributed by atoms with E-state index >= 15 is 0 Å². The molecule has 2 aliphatic heterocycles. The van der Waals surface area contributed by atoms with Gasteiger partial charge in [0.2, 0.25) is 11.8 Å². The van der Waals surface area contributed by atoms with Gasteiger partial charge in [-0.25, -0.2) is 4.98 Å². The standard InChI is InChI=1S/C25H27ClN4O/c26-22-12-6-5-9-19(22)17-29-16-13-23-21(18-29)24(31-20-10-3-1-4-11-20)28-25(27-23)30-14-7-2-8-15-30/h1,3-6,9-12H,2,7-8,13-18H2. The summed E-state index contributed by atoms with van der Waals surface area (Å²) in [6, 6.07) is 18.0. The molecule has 3 heterocycles. The van der Waals surface area contributed by atoms with E-state index in [1.165, 1.54) is 19.3 Å². The van der Waals surface area contributed by atoms with Crippen LogP contribution in [0.5, 0.6) is 11.6 Å². The molecule has 0 spiro atoms. The summed E-state index contributed by atoms with van der Waals surface area (Å²) in [5.41, 5.74) is 3.34. The van der Waals surface area contributed by atoms with E-state index < -0.39 is 0 Å². The number of rotatable bonds is 5. The Labute approximate surface area is 188 Å². The lowest BCUT2D eigenvalue weighted by molar-refractivity contribution is 0.238. The van der Waals surface area contributed by atoms with Crippen LogP contribution in [0.15, 0.2) is 54.6 Å². The molecule has 0 saturated carbocycles.